The van der Waals surface area contributed by atoms with E-state index in [4.69, 9.17) is 0 Å². The molecule has 0 unspecified atom stereocenters. The Balaban J connectivity index is 2.41. The molecule has 0 aliphatic carbocycles. The van der Waals surface area contributed by atoms with E-state index < -0.39 is 0 Å². The van der Waals surface area contributed by atoms with E-state index in [1.165, 1.54) is 0 Å². The van der Waals surface area contributed by atoms with Gasteiger partial charge in [0.2, 0.25) is 0 Å². The van der Waals surface area contributed by atoms with Gasteiger partial charge in [0, 0.05) is 23.6 Å². The van der Waals surface area contributed by atoms with E-state index >= 15 is 0 Å². The summed E-state index contributed by atoms with van der Waals surface area (Å²) in [7, 11) is 0. The highest BCUT2D eigenvalue weighted by Crippen LogP contribution is 2.44. The summed E-state index contributed by atoms with van der Waals surface area (Å²) < 4.78 is 0. The SMILES string of the molecule is CCN1c2ccc([N+](=O)[O-])cc2S[C@@H]1C. The molecule has 0 bridgehead atoms. The van der Waals surface area contributed by atoms with Crippen molar-refractivity contribution in [3.05, 3.63) is 28.3 Å². The molecule has 5 heteroatoms. The number of hydrogen-bond donors (Lipinski definition) is 0. The summed E-state index contributed by atoms with van der Waals surface area (Å²) in [6, 6.07) is 5.07. The highest BCUT2D eigenvalue weighted by atomic mass is 32.2. The summed E-state index contributed by atoms with van der Waals surface area (Å²) in [5.74, 6) is 0. The minimum absolute atomic E-state index is 0.173. The standard InChI is InChI=1S/C10H12N2O2S/c1-3-11-7(2)15-10-6-8(12(13)14)4-5-9(10)11/h4-7H,3H2,1-2H3/t7-/m1/s1. The van der Waals surface area contributed by atoms with Crippen molar-refractivity contribution in [3.63, 3.8) is 0 Å². The second kappa shape index (κ2) is 3.73. The van der Waals surface area contributed by atoms with Gasteiger partial charge >= 0.3 is 0 Å². The first-order chi connectivity index (χ1) is 7.13. The molecule has 4 nitrogen and oxygen atoms in total. The van der Waals surface area contributed by atoms with E-state index in [0.29, 0.717) is 5.37 Å². The van der Waals surface area contributed by atoms with E-state index in [9.17, 15) is 10.1 Å². The maximum absolute atomic E-state index is 10.6. The predicted octanol–water partition coefficient (Wildman–Crippen LogP) is 2.87. The molecule has 1 aliphatic heterocycles. The van der Waals surface area contributed by atoms with Crippen LogP contribution in [0.3, 0.4) is 0 Å². The number of thioether (sulfide) groups is 1. The van der Waals surface area contributed by atoms with Crippen LogP contribution in [-0.4, -0.2) is 16.8 Å². The van der Waals surface area contributed by atoms with Crippen molar-refractivity contribution in [2.75, 3.05) is 11.4 Å². The molecular weight excluding hydrogens is 212 g/mol. The third-order valence-corrected chi connectivity index (χ3v) is 3.72. The molecule has 1 aliphatic rings. The topological polar surface area (TPSA) is 46.4 Å². The number of hydrogen-bond acceptors (Lipinski definition) is 4. The highest BCUT2D eigenvalue weighted by Gasteiger charge is 2.26. The molecule has 1 atom stereocenters. The van der Waals surface area contributed by atoms with Crippen LogP contribution in [0.15, 0.2) is 23.1 Å². The Hall–Kier alpha value is -1.23. The molecule has 80 valence electrons. The lowest BCUT2D eigenvalue weighted by Gasteiger charge is -2.21. The van der Waals surface area contributed by atoms with E-state index in [-0.39, 0.29) is 10.6 Å². The number of nitro benzene ring substituents is 1. The van der Waals surface area contributed by atoms with Gasteiger partial charge in [0.25, 0.3) is 5.69 Å². The number of non-ortho nitro benzene ring substituents is 1. The summed E-state index contributed by atoms with van der Waals surface area (Å²) in [4.78, 5) is 13.5. The molecule has 0 amide bonds. The first kappa shape index (κ1) is 10.3. The zero-order valence-corrected chi connectivity index (χ0v) is 9.45. The molecule has 1 heterocycles. The normalized spacial score (nSPS) is 19.1. The van der Waals surface area contributed by atoms with Crippen LogP contribution in [0.25, 0.3) is 0 Å². The van der Waals surface area contributed by atoms with Gasteiger partial charge in [0.15, 0.2) is 0 Å². The van der Waals surface area contributed by atoms with Gasteiger partial charge < -0.3 is 4.90 Å². The van der Waals surface area contributed by atoms with Crippen molar-refractivity contribution in [3.8, 4) is 0 Å². The summed E-state index contributed by atoms with van der Waals surface area (Å²) in [6.07, 6.45) is 0. The summed E-state index contributed by atoms with van der Waals surface area (Å²) in [5, 5.41) is 11.0. The number of nitro groups is 1. The van der Waals surface area contributed by atoms with Gasteiger partial charge in [0.1, 0.15) is 0 Å². The van der Waals surface area contributed by atoms with Gasteiger partial charge in [-0.05, 0) is 19.9 Å². The molecule has 0 saturated carbocycles. The van der Waals surface area contributed by atoms with Gasteiger partial charge in [-0.2, -0.15) is 0 Å². The zero-order valence-electron chi connectivity index (χ0n) is 8.64. The summed E-state index contributed by atoms with van der Waals surface area (Å²) in [5.41, 5.74) is 1.28. The molecule has 0 aromatic heterocycles. The molecule has 0 spiro atoms. The summed E-state index contributed by atoms with van der Waals surface area (Å²) in [6.45, 7) is 5.13. The van der Waals surface area contributed by atoms with Crippen molar-refractivity contribution in [2.24, 2.45) is 0 Å². The van der Waals surface area contributed by atoms with Crippen LogP contribution in [0.4, 0.5) is 11.4 Å². The van der Waals surface area contributed by atoms with Crippen LogP contribution in [-0.2, 0) is 0 Å². The lowest BCUT2D eigenvalue weighted by atomic mass is 10.2. The van der Waals surface area contributed by atoms with Crippen LogP contribution < -0.4 is 4.90 Å². The monoisotopic (exact) mass is 224 g/mol. The fraction of sp³-hybridized carbons (Fsp3) is 0.400. The van der Waals surface area contributed by atoms with Crippen LogP contribution in [0.5, 0.6) is 0 Å². The van der Waals surface area contributed by atoms with E-state index in [1.54, 1.807) is 23.9 Å². The molecular formula is C10H12N2O2S. The molecule has 1 aromatic rings. The van der Waals surface area contributed by atoms with Crippen molar-refractivity contribution in [1.82, 2.24) is 0 Å². The van der Waals surface area contributed by atoms with Crippen LogP contribution in [0, 0.1) is 10.1 Å². The van der Waals surface area contributed by atoms with Crippen molar-refractivity contribution in [2.45, 2.75) is 24.1 Å². The van der Waals surface area contributed by atoms with E-state index in [1.807, 2.05) is 6.07 Å². The van der Waals surface area contributed by atoms with Crippen LogP contribution in [0.2, 0.25) is 0 Å². The van der Waals surface area contributed by atoms with Gasteiger partial charge in [-0.15, -0.1) is 0 Å². The average molecular weight is 224 g/mol. The molecule has 1 aromatic carbocycles. The van der Waals surface area contributed by atoms with E-state index in [0.717, 1.165) is 17.1 Å². The predicted molar refractivity (Wildman–Crippen MR) is 61.4 cm³/mol. The maximum Gasteiger partial charge on any atom is 0.270 e. The Labute approximate surface area is 92.4 Å². The quantitative estimate of drug-likeness (QED) is 0.572. The lowest BCUT2D eigenvalue weighted by molar-refractivity contribution is -0.385. The number of rotatable bonds is 2. The van der Waals surface area contributed by atoms with Gasteiger partial charge in [-0.3, -0.25) is 10.1 Å². The maximum atomic E-state index is 10.6. The third kappa shape index (κ3) is 1.67. The van der Waals surface area contributed by atoms with Crippen LogP contribution >= 0.6 is 11.8 Å². The van der Waals surface area contributed by atoms with E-state index in [2.05, 4.69) is 18.7 Å². The number of anilines is 1. The molecule has 2 rings (SSSR count). The molecule has 0 N–H and O–H groups in total. The smallest absolute Gasteiger partial charge is 0.270 e. The number of benzene rings is 1. The molecule has 15 heavy (non-hydrogen) atoms. The average Bonchev–Trinajstić information content (AvgIpc) is 2.51. The second-order valence-electron chi connectivity index (χ2n) is 3.41. The van der Waals surface area contributed by atoms with Crippen molar-refractivity contribution in [1.29, 1.82) is 0 Å². The van der Waals surface area contributed by atoms with Crippen molar-refractivity contribution >= 4 is 23.1 Å². The molecule has 0 fully saturated rings. The highest BCUT2D eigenvalue weighted by molar-refractivity contribution is 8.00. The van der Waals surface area contributed by atoms with Gasteiger partial charge in [0.05, 0.1) is 16.0 Å². The Morgan fingerprint density at radius 1 is 1.60 bits per heavy atom. The molecule has 0 radical (unpaired) electrons. The third-order valence-electron chi connectivity index (χ3n) is 2.54. The summed E-state index contributed by atoms with van der Waals surface area (Å²) >= 11 is 1.68. The largest absolute Gasteiger partial charge is 0.359 e. The lowest BCUT2D eigenvalue weighted by Crippen LogP contribution is -2.25. The zero-order chi connectivity index (χ0) is 11.0. The van der Waals surface area contributed by atoms with Crippen molar-refractivity contribution < 1.29 is 4.92 Å². The number of fused-ring (bicyclic) bond motifs is 1. The first-order valence-corrected chi connectivity index (χ1v) is 5.73. The number of nitrogens with zero attached hydrogens (tertiary/aromatic N) is 2. The minimum atomic E-state index is -0.347. The van der Waals surface area contributed by atoms with Gasteiger partial charge in [-0.1, -0.05) is 11.8 Å². The van der Waals surface area contributed by atoms with Crippen LogP contribution in [0.1, 0.15) is 13.8 Å². The Bertz CT molecular complexity index is 408. The first-order valence-electron chi connectivity index (χ1n) is 4.85. The fourth-order valence-corrected chi connectivity index (χ4v) is 3.07. The minimum Gasteiger partial charge on any atom is -0.359 e. The molecule has 0 saturated heterocycles. The fourth-order valence-electron chi connectivity index (χ4n) is 1.82. The van der Waals surface area contributed by atoms with Gasteiger partial charge in [-0.25, -0.2) is 0 Å². The Morgan fingerprint density at radius 2 is 2.33 bits per heavy atom. The Kier molecular flexibility index (Phi) is 2.56. The Morgan fingerprint density at radius 3 is 2.93 bits per heavy atom. The second-order valence-corrected chi connectivity index (χ2v) is 4.77.